The predicted octanol–water partition coefficient (Wildman–Crippen LogP) is 1.97. The van der Waals surface area contributed by atoms with Crippen LogP contribution >= 0.6 is 28.3 Å². The van der Waals surface area contributed by atoms with Gasteiger partial charge in [0.1, 0.15) is 5.82 Å². The monoisotopic (exact) mass is 254 g/mol. The Balaban J connectivity index is 0.00000121. The fourth-order valence-corrected chi connectivity index (χ4v) is 1.20. The quantitative estimate of drug-likeness (QED) is 0.626. The van der Waals surface area contributed by atoms with E-state index in [1.54, 1.807) is 12.1 Å². The molecule has 1 aromatic carbocycles. The lowest BCUT2D eigenvalue weighted by Crippen LogP contribution is -2.21. The summed E-state index contributed by atoms with van der Waals surface area (Å²) in [6, 6.07) is 4.84. The summed E-state index contributed by atoms with van der Waals surface area (Å²) in [5.74, 6) is 4.82. The van der Waals surface area contributed by atoms with Crippen LogP contribution in [0.15, 0.2) is 22.7 Å². The van der Waals surface area contributed by atoms with Crippen molar-refractivity contribution in [2.75, 3.05) is 0 Å². The summed E-state index contributed by atoms with van der Waals surface area (Å²) in [4.78, 5) is 0. The van der Waals surface area contributed by atoms with Crippen LogP contribution in [-0.2, 0) is 6.54 Å². The second-order valence-electron chi connectivity index (χ2n) is 2.09. The third kappa shape index (κ3) is 2.71. The summed E-state index contributed by atoms with van der Waals surface area (Å²) in [7, 11) is 0. The number of hydrogen-bond acceptors (Lipinski definition) is 2. The SMILES string of the molecule is Cl.NNCc1cccc(F)c1Br. The fraction of sp³-hybridized carbons (Fsp3) is 0.143. The first-order valence-corrected chi connectivity index (χ1v) is 3.91. The highest BCUT2D eigenvalue weighted by atomic mass is 79.9. The zero-order valence-electron chi connectivity index (χ0n) is 6.18. The molecule has 0 spiro atoms. The largest absolute Gasteiger partial charge is 0.271 e. The summed E-state index contributed by atoms with van der Waals surface area (Å²) in [6.07, 6.45) is 0. The van der Waals surface area contributed by atoms with Crippen molar-refractivity contribution < 1.29 is 4.39 Å². The van der Waals surface area contributed by atoms with Gasteiger partial charge in [0, 0.05) is 6.54 Å². The molecule has 0 saturated heterocycles. The zero-order valence-corrected chi connectivity index (χ0v) is 8.58. The number of nitrogens with one attached hydrogen (secondary N) is 1. The molecule has 0 aliphatic carbocycles. The van der Waals surface area contributed by atoms with E-state index >= 15 is 0 Å². The van der Waals surface area contributed by atoms with Gasteiger partial charge in [-0.25, -0.2) is 4.39 Å². The molecule has 5 heteroatoms. The summed E-state index contributed by atoms with van der Waals surface area (Å²) < 4.78 is 13.3. The third-order valence-electron chi connectivity index (χ3n) is 1.32. The molecule has 0 aliphatic rings. The smallest absolute Gasteiger partial charge is 0.137 e. The standard InChI is InChI=1S/C7H8BrFN2.ClH/c8-7-5(4-11-10)2-1-3-6(7)9;/h1-3,11H,4,10H2;1H. The zero-order chi connectivity index (χ0) is 8.27. The predicted molar refractivity (Wildman–Crippen MR) is 52.4 cm³/mol. The van der Waals surface area contributed by atoms with Crippen LogP contribution in [0.25, 0.3) is 0 Å². The van der Waals surface area contributed by atoms with Crippen LogP contribution in [0.4, 0.5) is 4.39 Å². The maximum atomic E-state index is 12.8. The molecule has 0 heterocycles. The van der Waals surface area contributed by atoms with Gasteiger partial charge < -0.3 is 0 Å². The molecule has 1 aromatic rings. The number of hydrazine groups is 1. The highest BCUT2D eigenvalue weighted by Crippen LogP contribution is 2.19. The number of halogens is 3. The molecule has 0 aromatic heterocycles. The van der Waals surface area contributed by atoms with E-state index in [1.807, 2.05) is 0 Å². The average Bonchev–Trinajstić information content (AvgIpc) is 1.99. The first-order chi connectivity index (χ1) is 5.25. The van der Waals surface area contributed by atoms with Gasteiger partial charge >= 0.3 is 0 Å². The summed E-state index contributed by atoms with van der Waals surface area (Å²) in [5.41, 5.74) is 3.27. The van der Waals surface area contributed by atoms with E-state index in [4.69, 9.17) is 5.84 Å². The van der Waals surface area contributed by atoms with Gasteiger partial charge in [-0.1, -0.05) is 12.1 Å². The second kappa shape index (κ2) is 5.48. The van der Waals surface area contributed by atoms with Gasteiger partial charge in [-0.2, -0.15) is 0 Å². The fourth-order valence-electron chi connectivity index (χ4n) is 0.795. The number of hydrogen-bond donors (Lipinski definition) is 2. The van der Waals surface area contributed by atoms with Gasteiger partial charge in [0.15, 0.2) is 0 Å². The minimum Gasteiger partial charge on any atom is -0.271 e. The van der Waals surface area contributed by atoms with Gasteiger partial charge in [0.25, 0.3) is 0 Å². The lowest BCUT2D eigenvalue weighted by molar-refractivity contribution is 0.614. The molecule has 0 bridgehead atoms. The molecule has 0 saturated carbocycles. The van der Waals surface area contributed by atoms with Crippen LogP contribution in [0.5, 0.6) is 0 Å². The first-order valence-electron chi connectivity index (χ1n) is 3.12. The minimum atomic E-state index is -0.266. The van der Waals surface area contributed by atoms with E-state index in [0.717, 1.165) is 5.56 Å². The topological polar surface area (TPSA) is 38.0 Å². The maximum absolute atomic E-state index is 12.8. The van der Waals surface area contributed by atoms with Crippen molar-refractivity contribution in [3.63, 3.8) is 0 Å². The summed E-state index contributed by atoms with van der Waals surface area (Å²) in [6.45, 7) is 0.457. The van der Waals surface area contributed by atoms with Crippen LogP contribution in [0.3, 0.4) is 0 Å². The Morgan fingerprint density at radius 3 is 2.75 bits per heavy atom. The van der Waals surface area contributed by atoms with E-state index in [0.29, 0.717) is 11.0 Å². The van der Waals surface area contributed by atoms with Gasteiger partial charge in [-0.3, -0.25) is 11.3 Å². The number of rotatable bonds is 2. The molecule has 68 valence electrons. The molecule has 0 radical (unpaired) electrons. The Morgan fingerprint density at radius 2 is 2.17 bits per heavy atom. The van der Waals surface area contributed by atoms with Crippen LogP contribution in [0.2, 0.25) is 0 Å². The van der Waals surface area contributed by atoms with Crippen LogP contribution in [0, 0.1) is 5.82 Å². The van der Waals surface area contributed by atoms with Crippen LogP contribution in [-0.4, -0.2) is 0 Å². The first kappa shape index (κ1) is 11.8. The third-order valence-corrected chi connectivity index (χ3v) is 2.21. The number of nitrogens with two attached hydrogens (primary N) is 1. The Hall–Kier alpha value is -0.160. The molecular weight excluding hydrogens is 246 g/mol. The van der Waals surface area contributed by atoms with Gasteiger partial charge in [-0.15, -0.1) is 12.4 Å². The molecule has 2 nitrogen and oxygen atoms in total. The van der Waals surface area contributed by atoms with E-state index in [2.05, 4.69) is 21.4 Å². The van der Waals surface area contributed by atoms with E-state index in [9.17, 15) is 4.39 Å². The Labute approximate surface area is 84.8 Å². The van der Waals surface area contributed by atoms with Gasteiger partial charge in [-0.05, 0) is 27.6 Å². The molecule has 3 N–H and O–H groups in total. The highest BCUT2D eigenvalue weighted by molar-refractivity contribution is 9.10. The molecule has 0 fully saturated rings. The van der Waals surface area contributed by atoms with Crippen molar-refractivity contribution in [3.8, 4) is 0 Å². The van der Waals surface area contributed by atoms with E-state index in [-0.39, 0.29) is 18.2 Å². The van der Waals surface area contributed by atoms with Crippen molar-refractivity contribution in [3.05, 3.63) is 34.1 Å². The van der Waals surface area contributed by atoms with Crippen molar-refractivity contribution in [1.82, 2.24) is 5.43 Å². The number of benzene rings is 1. The second-order valence-corrected chi connectivity index (χ2v) is 2.89. The van der Waals surface area contributed by atoms with Crippen molar-refractivity contribution in [2.45, 2.75) is 6.54 Å². The lowest BCUT2D eigenvalue weighted by atomic mass is 10.2. The van der Waals surface area contributed by atoms with E-state index in [1.165, 1.54) is 6.07 Å². The van der Waals surface area contributed by atoms with Crippen molar-refractivity contribution in [1.29, 1.82) is 0 Å². The van der Waals surface area contributed by atoms with Crippen LogP contribution in [0.1, 0.15) is 5.56 Å². The molecule has 0 atom stereocenters. The van der Waals surface area contributed by atoms with Gasteiger partial charge in [0.2, 0.25) is 0 Å². The molecule has 0 amide bonds. The van der Waals surface area contributed by atoms with Crippen molar-refractivity contribution >= 4 is 28.3 Å². The summed E-state index contributed by atoms with van der Waals surface area (Å²) >= 11 is 3.11. The molecular formula is C7H9BrClFN2. The normalized spacial score (nSPS) is 9.25. The minimum absolute atomic E-state index is 0. The maximum Gasteiger partial charge on any atom is 0.137 e. The molecule has 0 unspecified atom stereocenters. The Bertz CT molecular complexity index is 257. The van der Waals surface area contributed by atoms with Crippen LogP contribution < -0.4 is 11.3 Å². The average molecular weight is 256 g/mol. The van der Waals surface area contributed by atoms with E-state index < -0.39 is 0 Å². The van der Waals surface area contributed by atoms with Gasteiger partial charge in [0.05, 0.1) is 4.47 Å². The molecule has 0 aliphatic heterocycles. The molecule has 12 heavy (non-hydrogen) atoms. The molecule has 1 rings (SSSR count). The van der Waals surface area contributed by atoms with Crippen molar-refractivity contribution in [2.24, 2.45) is 5.84 Å². The highest BCUT2D eigenvalue weighted by Gasteiger charge is 2.02. The lowest BCUT2D eigenvalue weighted by Gasteiger charge is -2.02. The Morgan fingerprint density at radius 1 is 1.50 bits per heavy atom. The summed E-state index contributed by atoms with van der Waals surface area (Å²) in [5, 5.41) is 0. The Kier molecular flexibility index (Phi) is 5.41.